The summed E-state index contributed by atoms with van der Waals surface area (Å²) in [4.78, 5) is 25.2. The number of hydrogen-bond acceptors (Lipinski definition) is 3. The molecule has 0 aliphatic carbocycles. The molecule has 0 N–H and O–H groups in total. The maximum Gasteiger partial charge on any atom is 0.340 e. The highest BCUT2D eigenvalue weighted by molar-refractivity contribution is 6.11. The van der Waals surface area contributed by atoms with Crippen molar-refractivity contribution < 1.29 is 14.3 Å². The van der Waals surface area contributed by atoms with Crippen LogP contribution >= 0.6 is 0 Å². The SMILES string of the molecule is CCOC(=O)c1c(C)n(C(=O)c2ccccc2)c2ccccc12. The summed E-state index contributed by atoms with van der Waals surface area (Å²) in [6.07, 6.45) is 0. The molecular weight excluding hydrogens is 290 g/mol. The first-order valence-electron chi connectivity index (χ1n) is 7.52. The molecule has 0 amide bonds. The van der Waals surface area contributed by atoms with Gasteiger partial charge in [0.15, 0.2) is 0 Å². The molecule has 0 atom stereocenters. The first-order chi connectivity index (χ1) is 11.1. The number of ether oxygens (including phenoxy) is 1. The summed E-state index contributed by atoms with van der Waals surface area (Å²) >= 11 is 0. The lowest BCUT2D eigenvalue weighted by Crippen LogP contribution is -2.14. The van der Waals surface area contributed by atoms with Gasteiger partial charge in [-0.2, -0.15) is 0 Å². The van der Waals surface area contributed by atoms with E-state index in [2.05, 4.69) is 0 Å². The Hall–Kier alpha value is -2.88. The molecule has 0 fully saturated rings. The number of esters is 1. The molecule has 0 saturated heterocycles. The molecule has 1 aromatic heterocycles. The normalized spacial score (nSPS) is 10.7. The minimum atomic E-state index is -0.402. The van der Waals surface area contributed by atoms with Crippen LogP contribution in [-0.4, -0.2) is 23.1 Å². The Kier molecular flexibility index (Phi) is 3.98. The molecule has 4 heteroatoms. The van der Waals surface area contributed by atoms with Gasteiger partial charge in [-0.1, -0.05) is 36.4 Å². The van der Waals surface area contributed by atoms with Crippen LogP contribution in [0.25, 0.3) is 10.9 Å². The van der Waals surface area contributed by atoms with Gasteiger partial charge in [0.25, 0.3) is 5.91 Å². The predicted octanol–water partition coefficient (Wildman–Crippen LogP) is 3.81. The van der Waals surface area contributed by atoms with Crippen LogP contribution in [0.1, 0.15) is 33.3 Å². The summed E-state index contributed by atoms with van der Waals surface area (Å²) < 4.78 is 6.73. The van der Waals surface area contributed by atoms with Crippen molar-refractivity contribution in [3.8, 4) is 0 Å². The monoisotopic (exact) mass is 307 g/mol. The van der Waals surface area contributed by atoms with E-state index in [0.29, 0.717) is 28.9 Å². The lowest BCUT2D eigenvalue weighted by atomic mass is 10.1. The van der Waals surface area contributed by atoms with Crippen LogP contribution < -0.4 is 0 Å². The van der Waals surface area contributed by atoms with Crippen LogP contribution in [0.3, 0.4) is 0 Å². The summed E-state index contributed by atoms with van der Waals surface area (Å²) in [5, 5.41) is 0.729. The van der Waals surface area contributed by atoms with E-state index in [0.717, 1.165) is 5.39 Å². The molecule has 0 unspecified atom stereocenters. The highest BCUT2D eigenvalue weighted by atomic mass is 16.5. The molecule has 0 spiro atoms. The second-order valence-corrected chi connectivity index (χ2v) is 5.20. The average Bonchev–Trinajstić information content (AvgIpc) is 2.87. The van der Waals surface area contributed by atoms with E-state index < -0.39 is 5.97 Å². The smallest absolute Gasteiger partial charge is 0.340 e. The molecule has 0 radical (unpaired) electrons. The Bertz CT molecular complexity index is 878. The van der Waals surface area contributed by atoms with Crippen molar-refractivity contribution in [1.82, 2.24) is 4.57 Å². The molecule has 0 bridgehead atoms. The number of nitrogens with zero attached hydrogens (tertiary/aromatic N) is 1. The summed E-state index contributed by atoms with van der Waals surface area (Å²) in [6.45, 7) is 3.83. The van der Waals surface area contributed by atoms with Crippen molar-refractivity contribution >= 4 is 22.8 Å². The van der Waals surface area contributed by atoms with Crippen molar-refractivity contribution in [3.63, 3.8) is 0 Å². The summed E-state index contributed by atoms with van der Waals surface area (Å²) in [5.41, 5.74) is 2.33. The fourth-order valence-corrected chi connectivity index (χ4v) is 2.80. The second kappa shape index (κ2) is 6.08. The quantitative estimate of drug-likeness (QED) is 0.691. The molecule has 3 aromatic rings. The standard InChI is InChI=1S/C19H17NO3/c1-3-23-19(22)17-13(2)20(16-12-8-7-11-15(16)17)18(21)14-9-5-4-6-10-14/h4-12H,3H2,1-2H3. The zero-order chi connectivity index (χ0) is 16.4. The fraction of sp³-hybridized carbons (Fsp3) is 0.158. The summed E-state index contributed by atoms with van der Waals surface area (Å²) in [7, 11) is 0. The van der Waals surface area contributed by atoms with Gasteiger partial charge in [0, 0.05) is 16.6 Å². The van der Waals surface area contributed by atoms with Gasteiger partial charge in [0.2, 0.25) is 0 Å². The van der Waals surface area contributed by atoms with Crippen LogP contribution in [0.4, 0.5) is 0 Å². The molecule has 1 heterocycles. The zero-order valence-electron chi connectivity index (χ0n) is 13.1. The summed E-state index contributed by atoms with van der Waals surface area (Å²) in [6, 6.07) is 16.4. The van der Waals surface area contributed by atoms with Crippen molar-refractivity contribution in [2.45, 2.75) is 13.8 Å². The lowest BCUT2D eigenvalue weighted by Gasteiger charge is -2.07. The number of carbonyl (C=O) groups excluding carboxylic acids is 2. The van der Waals surface area contributed by atoms with Gasteiger partial charge in [-0.15, -0.1) is 0 Å². The lowest BCUT2D eigenvalue weighted by molar-refractivity contribution is 0.0527. The Balaban J connectivity index is 2.24. The third kappa shape index (κ3) is 2.52. The Morgan fingerprint density at radius 1 is 1.00 bits per heavy atom. The van der Waals surface area contributed by atoms with E-state index >= 15 is 0 Å². The third-order valence-electron chi connectivity index (χ3n) is 3.81. The molecule has 4 nitrogen and oxygen atoms in total. The predicted molar refractivity (Wildman–Crippen MR) is 88.8 cm³/mol. The number of hydrogen-bond donors (Lipinski definition) is 0. The van der Waals surface area contributed by atoms with E-state index in [1.54, 1.807) is 30.5 Å². The second-order valence-electron chi connectivity index (χ2n) is 5.20. The third-order valence-corrected chi connectivity index (χ3v) is 3.81. The average molecular weight is 307 g/mol. The van der Waals surface area contributed by atoms with Gasteiger partial charge in [0.1, 0.15) is 0 Å². The van der Waals surface area contributed by atoms with Crippen molar-refractivity contribution in [2.24, 2.45) is 0 Å². The zero-order valence-corrected chi connectivity index (χ0v) is 13.1. The highest BCUT2D eigenvalue weighted by Crippen LogP contribution is 2.27. The fourth-order valence-electron chi connectivity index (χ4n) is 2.80. The maximum absolute atomic E-state index is 12.9. The topological polar surface area (TPSA) is 48.3 Å². The van der Waals surface area contributed by atoms with Gasteiger partial charge in [-0.25, -0.2) is 4.79 Å². The Labute approximate surface area is 134 Å². The molecular formula is C19H17NO3. The van der Waals surface area contributed by atoms with Crippen LogP contribution in [0.15, 0.2) is 54.6 Å². The molecule has 0 aliphatic heterocycles. The minimum absolute atomic E-state index is 0.158. The summed E-state index contributed by atoms with van der Waals surface area (Å²) in [5.74, 6) is -0.560. The van der Waals surface area contributed by atoms with Gasteiger partial charge in [0.05, 0.1) is 17.7 Å². The minimum Gasteiger partial charge on any atom is -0.462 e. The number of rotatable bonds is 3. The number of aromatic nitrogens is 1. The number of fused-ring (bicyclic) bond motifs is 1. The van der Waals surface area contributed by atoms with Gasteiger partial charge < -0.3 is 4.74 Å². The molecule has 0 saturated carbocycles. The molecule has 3 rings (SSSR count). The van der Waals surface area contributed by atoms with Gasteiger partial charge in [-0.05, 0) is 32.0 Å². The first kappa shape index (κ1) is 15.0. The van der Waals surface area contributed by atoms with Crippen LogP contribution in [0, 0.1) is 6.92 Å². The van der Waals surface area contributed by atoms with E-state index in [9.17, 15) is 9.59 Å². The Morgan fingerprint density at radius 2 is 1.65 bits per heavy atom. The highest BCUT2D eigenvalue weighted by Gasteiger charge is 2.24. The van der Waals surface area contributed by atoms with E-state index in [4.69, 9.17) is 4.74 Å². The van der Waals surface area contributed by atoms with E-state index in [-0.39, 0.29) is 5.91 Å². The number of para-hydroxylation sites is 1. The van der Waals surface area contributed by atoms with Crippen molar-refractivity contribution in [2.75, 3.05) is 6.61 Å². The van der Waals surface area contributed by atoms with Crippen LogP contribution in [0.5, 0.6) is 0 Å². The maximum atomic E-state index is 12.9. The molecule has 2 aromatic carbocycles. The van der Waals surface area contributed by atoms with Gasteiger partial charge >= 0.3 is 5.97 Å². The van der Waals surface area contributed by atoms with Crippen molar-refractivity contribution in [1.29, 1.82) is 0 Å². The number of carbonyl (C=O) groups is 2. The van der Waals surface area contributed by atoms with Gasteiger partial charge in [-0.3, -0.25) is 9.36 Å². The van der Waals surface area contributed by atoms with E-state index in [1.165, 1.54) is 0 Å². The van der Waals surface area contributed by atoms with Crippen molar-refractivity contribution in [3.05, 3.63) is 71.4 Å². The first-order valence-corrected chi connectivity index (χ1v) is 7.52. The molecule has 0 aliphatic rings. The van der Waals surface area contributed by atoms with Crippen LogP contribution in [0.2, 0.25) is 0 Å². The van der Waals surface area contributed by atoms with Crippen LogP contribution in [-0.2, 0) is 4.74 Å². The molecule has 116 valence electrons. The molecule has 23 heavy (non-hydrogen) atoms. The Morgan fingerprint density at radius 3 is 2.35 bits per heavy atom. The van der Waals surface area contributed by atoms with E-state index in [1.807, 2.05) is 42.5 Å². The number of benzene rings is 2. The largest absolute Gasteiger partial charge is 0.462 e.